The van der Waals surface area contributed by atoms with Gasteiger partial charge in [0.1, 0.15) is 11.6 Å². The second-order valence-corrected chi connectivity index (χ2v) is 16.8. The molecule has 1 heterocycles. The average Bonchev–Trinajstić information content (AvgIpc) is 3.29. The molecule has 6 nitrogen and oxygen atoms in total. The van der Waals surface area contributed by atoms with E-state index in [1.165, 1.54) is 28.7 Å². The molecule has 1 saturated heterocycles. The summed E-state index contributed by atoms with van der Waals surface area (Å²) in [5.74, 6) is -0.454. The number of hydrogen-bond donors (Lipinski definition) is 0. The number of carbonyl (C=O) groups is 2. The molecule has 0 aromatic heterocycles. The fourth-order valence-electron chi connectivity index (χ4n) is 4.96. The molecule has 1 amide bonds. The van der Waals surface area contributed by atoms with Crippen molar-refractivity contribution in [3.05, 3.63) is 59.7 Å². The molecule has 3 rings (SSSR count). The van der Waals surface area contributed by atoms with Gasteiger partial charge in [-0.3, -0.25) is 4.90 Å². The van der Waals surface area contributed by atoms with E-state index in [9.17, 15) is 9.59 Å². The Bertz CT molecular complexity index is 1050. The lowest BCUT2D eigenvalue weighted by Gasteiger charge is -2.29. The van der Waals surface area contributed by atoms with Crippen LogP contribution in [0.2, 0.25) is 25.7 Å². The predicted octanol–water partition coefficient (Wildman–Crippen LogP) is 6.65. The van der Waals surface area contributed by atoms with Crippen molar-refractivity contribution in [2.24, 2.45) is 0 Å². The monoisotopic (exact) mass is 525 g/mol. The molecule has 2 aromatic carbocycles. The molecule has 0 aliphatic carbocycles. The van der Waals surface area contributed by atoms with Crippen molar-refractivity contribution in [2.45, 2.75) is 76.4 Å². The van der Waals surface area contributed by atoms with Crippen LogP contribution in [0.25, 0.3) is 11.1 Å². The van der Waals surface area contributed by atoms with Gasteiger partial charge in [-0.2, -0.15) is 0 Å². The minimum Gasteiger partial charge on any atom is -0.467 e. The Balaban J connectivity index is 1.94. The van der Waals surface area contributed by atoms with E-state index in [0.717, 1.165) is 37.3 Å². The van der Waals surface area contributed by atoms with E-state index in [4.69, 9.17) is 14.2 Å². The lowest BCUT2D eigenvalue weighted by Crippen LogP contribution is -2.42. The Morgan fingerprint density at radius 2 is 1.78 bits per heavy atom. The summed E-state index contributed by atoms with van der Waals surface area (Å²) in [5, 5.41) is 0. The van der Waals surface area contributed by atoms with E-state index in [1.807, 2.05) is 6.07 Å². The number of methoxy groups -OCH3 is 2. The van der Waals surface area contributed by atoms with Gasteiger partial charge in [-0.05, 0) is 41.1 Å². The zero-order chi connectivity index (χ0) is 27.1. The molecule has 1 aliphatic heterocycles. The van der Waals surface area contributed by atoms with E-state index in [2.05, 4.69) is 69.0 Å². The molecule has 7 heteroatoms. The van der Waals surface area contributed by atoms with Gasteiger partial charge in [-0.15, -0.1) is 0 Å². The second-order valence-electron chi connectivity index (χ2n) is 11.2. The number of likely N-dealkylation sites (tertiary alicyclic amines) is 1. The van der Waals surface area contributed by atoms with Gasteiger partial charge < -0.3 is 14.2 Å². The number of hydrogen-bond acceptors (Lipinski definition) is 5. The third kappa shape index (κ3) is 7.23. The molecular weight excluding hydrogens is 482 g/mol. The van der Waals surface area contributed by atoms with Crippen LogP contribution in [0, 0.1) is 0 Å². The Morgan fingerprint density at radius 3 is 2.41 bits per heavy atom. The highest BCUT2D eigenvalue weighted by Crippen LogP contribution is 2.41. The summed E-state index contributed by atoms with van der Waals surface area (Å²) in [5.41, 5.74) is 3.77. The van der Waals surface area contributed by atoms with Crippen molar-refractivity contribution in [1.82, 2.24) is 4.90 Å². The van der Waals surface area contributed by atoms with Gasteiger partial charge in [0.15, 0.2) is 0 Å². The Morgan fingerprint density at radius 1 is 1.05 bits per heavy atom. The molecule has 1 fully saturated rings. The van der Waals surface area contributed by atoms with Gasteiger partial charge >= 0.3 is 12.1 Å². The van der Waals surface area contributed by atoms with Crippen LogP contribution in [0.1, 0.15) is 43.7 Å². The van der Waals surface area contributed by atoms with Gasteiger partial charge in [0, 0.05) is 21.6 Å². The predicted molar refractivity (Wildman–Crippen MR) is 150 cm³/mol. The highest BCUT2D eigenvalue weighted by molar-refractivity contribution is 6.76. The van der Waals surface area contributed by atoms with Crippen LogP contribution >= 0.6 is 0 Å². The van der Waals surface area contributed by atoms with E-state index >= 15 is 0 Å². The Labute approximate surface area is 223 Å². The summed E-state index contributed by atoms with van der Waals surface area (Å²) in [6.45, 7) is 9.50. The molecule has 2 aromatic rings. The highest BCUT2D eigenvalue weighted by Gasteiger charge is 2.51. The number of carbonyl (C=O) groups excluding carboxylic acids is 2. The minimum absolute atomic E-state index is 0.230. The van der Waals surface area contributed by atoms with Crippen molar-refractivity contribution in [1.29, 1.82) is 0 Å². The standard InChI is InChI=1S/C30H43NO5Si/c1-7-8-10-15-24-20-25(16-17-26(24)23-13-11-9-12-14-23)30(35-3)21-27(28(32)34-2)31(22-30)29(33)36-18-19-37(4,5)6/h9,11-14,16-17,20,27H,7-8,10,15,18-19,21-22H2,1-6H3/t27-,30-/m0/s1. The van der Waals surface area contributed by atoms with Crippen LogP contribution in [-0.4, -0.2) is 58.4 Å². The number of aryl methyl sites for hydroxylation is 1. The maximum Gasteiger partial charge on any atom is 0.410 e. The molecule has 0 unspecified atom stereocenters. The molecular formula is C30H43NO5Si. The zero-order valence-electron chi connectivity index (χ0n) is 23.3. The normalized spacial score (nSPS) is 19.6. The first-order valence-corrected chi connectivity index (χ1v) is 17.1. The molecule has 2 atom stereocenters. The fraction of sp³-hybridized carbons (Fsp3) is 0.533. The summed E-state index contributed by atoms with van der Waals surface area (Å²) in [7, 11) is 1.64. The lowest BCUT2D eigenvalue weighted by atomic mass is 9.86. The maximum atomic E-state index is 13.1. The SMILES string of the molecule is CCCCCc1cc([C@]2(OC)C[C@@H](C(=O)OC)N(C(=O)OCC[Si](C)(C)C)C2)ccc1-c1ccccc1. The first-order chi connectivity index (χ1) is 17.6. The number of ether oxygens (including phenoxy) is 3. The fourth-order valence-corrected chi connectivity index (χ4v) is 5.68. The van der Waals surface area contributed by atoms with Crippen LogP contribution in [0.3, 0.4) is 0 Å². The third-order valence-electron chi connectivity index (χ3n) is 7.27. The molecule has 1 aliphatic rings. The molecule has 202 valence electrons. The number of nitrogens with zero attached hydrogens (tertiary/aromatic N) is 1. The summed E-state index contributed by atoms with van der Waals surface area (Å²) in [6, 6.07) is 16.9. The smallest absolute Gasteiger partial charge is 0.410 e. The lowest BCUT2D eigenvalue weighted by molar-refractivity contribution is -0.145. The largest absolute Gasteiger partial charge is 0.467 e. The van der Waals surface area contributed by atoms with Crippen molar-refractivity contribution in [2.75, 3.05) is 27.4 Å². The van der Waals surface area contributed by atoms with Crippen molar-refractivity contribution in [3.8, 4) is 11.1 Å². The number of amides is 1. The van der Waals surface area contributed by atoms with Crippen LogP contribution in [0.5, 0.6) is 0 Å². The Kier molecular flexibility index (Phi) is 9.96. The number of esters is 1. The van der Waals surface area contributed by atoms with E-state index in [1.54, 1.807) is 7.11 Å². The van der Waals surface area contributed by atoms with Gasteiger partial charge in [-0.1, -0.05) is 87.9 Å². The number of benzene rings is 2. The van der Waals surface area contributed by atoms with Crippen LogP contribution in [0.15, 0.2) is 48.5 Å². The molecule has 0 bridgehead atoms. The van der Waals surface area contributed by atoms with Crippen molar-refractivity contribution >= 4 is 20.1 Å². The second kappa shape index (κ2) is 12.7. The minimum atomic E-state index is -1.36. The van der Waals surface area contributed by atoms with Crippen LogP contribution < -0.4 is 0 Å². The summed E-state index contributed by atoms with van der Waals surface area (Å²) in [6.07, 6.45) is 4.19. The molecule has 0 N–H and O–H groups in total. The Hall–Kier alpha value is -2.64. The molecule has 0 spiro atoms. The first kappa shape index (κ1) is 28.9. The number of unbranched alkanes of at least 4 members (excludes halogenated alkanes) is 2. The van der Waals surface area contributed by atoms with Crippen molar-refractivity contribution in [3.63, 3.8) is 0 Å². The summed E-state index contributed by atoms with van der Waals surface area (Å²) >= 11 is 0. The van der Waals surface area contributed by atoms with Crippen molar-refractivity contribution < 1.29 is 23.8 Å². The third-order valence-corrected chi connectivity index (χ3v) is 8.97. The first-order valence-electron chi connectivity index (χ1n) is 13.4. The van der Waals surface area contributed by atoms with Gasteiger partial charge in [-0.25, -0.2) is 9.59 Å². The zero-order valence-corrected chi connectivity index (χ0v) is 24.3. The van der Waals surface area contributed by atoms with E-state index in [-0.39, 0.29) is 6.54 Å². The quantitative estimate of drug-likeness (QED) is 0.187. The van der Waals surface area contributed by atoms with E-state index < -0.39 is 31.8 Å². The van der Waals surface area contributed by atoms with Crippen LogP contribution in [-0.2, 0) is 31.0 Å². The van der Waals surface area contributed by atoms with Gasteiger partial charge in [0.05, 0.1) is 20.3 Å². The average molecular weight is 526 g/mol. The molecule has 37 heavy (non-hydrogen) atoms. The van der Waals surface area contributed by atoms with E-state index in [0.29, 0.717) is 13.0 Å². The van der Waals surface area contributed by atoms with Gasteiger partial charge in [0.2, 0.25) is 0 Å². The molecule has 0 radical (unpaired) electrons. The summed E-state index contributed by atoms with van der Waals surface area (Å²) in [4.78, 5) is 27.4. The maximum absolute atomic E-state index is 13.1. The van der Waals surface area contributed by atoms with Crippen LogP contribution in [0.4, 0.5) is 4.79 Å². The summed E-state index contributed by atoms with van der Waals surface area (Å²) < 4.78 is 16.8. The topological polar surface area (TPSA) is 65.1 Å². The molecule has 0 saturated carbocycles. The van der Waals surface area contributed by atoms with Gasteiger partial charge in [0.25, 0.3) is 0 Å². The number of rotatable bonds is 11. The highest BCUT2D eigenvalue weighted by atomic mass is 28.3.